The van der Waals surface area contributed by atoms with Crippen LogP contribution >= 0.6 is 23.1 Å². The summed E-state index contributed by atoms with van der Waals surface area (Å²) in [6, 6.07) is 0.315. The van der Waals surface area contributed by atoms with Crippen LogP contribution in [-0.4, -0.2) is 32.9 Å². The van der Waals surface area contributed by atoms with Crippen LogP contribution in [0.4, 0.5) is 0 Å². The number of thioether (sulfide) groups is 1. The van der Waals surface area contributed by atoms with Crippen molar-refractivity contribution in [1.82, 2.24) is 20.5 Å². The number of hydrogen-bond donors (Lipinski definition) is 1. The molecule has 0 aliphatic heterocycles. The number of nitrogens with one attached hydrogen (secondary N) is 1. The van der Waals surface area contributed by atoms with Gasteiger partial charge in [0, 0.05) is 6.04 Å². The largest absolute Gasteiger partial charge is 0.410 e. The Balaban J connectivity index is 1.50. The molecule has 2 aromatic rings. The fraction of sp³-hybridized carbons (Fsp3) is 0.625. The quantitative estimate of drug-likeness (QED) is 0.814. The molecule has 0 aromatic carbocycles. The van der Waals surface area contributed by atoms with E-state index in [9.17, 15) is 4.79 Å². The lowest BCUT2D eigenvalue weighted by molar-refractivity contribution is -0.119. The minimum Gasteiger partial charge on any atom is -0.410 e. The summed E-state index contributed by atoms with van der Waals surface area (Å²) in [5.41, 5.74) is 0.891. The lowest BCUT2D eigenvalue weighted by Crippen LogP contribution is -2.38. The first-order valence-electron chi connectivity index (χ1n) is 8.21. The molecule has 0 saturated heterocycles. The van der Waals surface area contributed by atoms with Crippen molar-refractivity contribution in [3.8, 4) is 10.8 Å². The molecule has 130 valence electrons. The number of amides is 1. The van der Waals surface area contributed by atoms with Crippen LogP contribution in [0.15, 0.2) is 9.64 Å². The highest BCUT2D eigenvalue weighted by Gasteiger charge is 2.20. The van der Waals surface area contributed by atoms with Gasteiger partial charge in [-0.15, -0.1) is 21.5 Å². The normalized spacial score (nSPS) is 21.0. The predicted octanol–water partition coefficient (Wildman–Crippen LogP) is 3.60. The topological polar surface area (TPSA) is 80.9 Å². The molecule has 0 atom stereocenters. The highest BCUT2D eigenvalue weighted by molar-refractivity contribution is 7.99. The average Bonchev–Trinajstić information content (AvgIpc) is 3.13. The molecule has 2 aromatic heterocycles. The summed E-state index contributed by atoms with van der Waals surface area (Å²) < 4.78 is 5.65. The van der Waals surface area contributed by atoms with Crippen LogP contribution in [0.3, 0.4) is 0 Å². The molecule has 3 rings (SSSR count). The third-order valence-electron chi connectivity index (χ3n) is 4.21. The monoisotopic (exact) mass is 366 g/mol. The van der Waals surface area contributed by atoms with Crippen molar-refractivity contribution in [2.75, 3.05) is 5.75 Å². The van der Waals surface area contributed by atoms with Crippen molar-refractivity contribution < 1.29 is 9.21 Å². The van der Waals surface area contributed by atoms with Crippen LogP contribution in [0, 0.1) is 19.8 Å². The van der Waals surface area contributed by atoms with Gasteiger partial charge in [0.15, 0.2) is 0 Å². The molecule has 1 saturated carbocycles. The number of rotatable bonds is 5. The Kier molecular flexibility index (Phi) is 5.55. The molecule has 6 nitrogen and oxygen atoms in total. The molecule has 1 fully saturated rings. The van der Waals surface area contributed by atoms with Gasteiger partial charge < -0.3 is 9.73 Å². The predicted molar refractivity (Wildman–Crippen MR) is 95.2 cm³/mol. The number of aromatic nitrogens is 3. The van der Waals surface area contributed by atoms with Crippen molar-refractivity contribution in [3.63, 3.8) is 0 Å². The second-order valence-corrected chi connectivity index (χ2v) is 8.46. The van der Waals surface area contributed by atoms with E-state index in [1.807, 2.05) is 13.8 Å². The number of aryl methyl sites for hydroxylation is 2. The summed E-state index contributed by atoms with van der Waals surface area (Å²) in [7, 11) is 0. The summed E-state index contributed by atoms with van der Waals surface area (Å²) in [6.07, 6.45) is 4.54. The molecule has 0 radical (unpaired) electrons. The fourth-order valence-electron chi connectivity index (χ4n) is 2.89. The maximum atomic E-state index is 12.1. The van der Waals surface area contributed by atoms with E-state index in [0.717, 1.165) is 34.3 Å². The van der Waals surface area contributed by atoms with Crippen LogP contribution in [0.25, 0.3) is 10.8 Å². The van der Waals surface area contributed by atoms with Gasteiger partial charge in [-0.25, -0.2) is 4.98 Å². The molecule has 8 heteroatoms. The Hall–Kier alpha value is -1.41. The molecule has 1 amide bonds. The lowest BCUT2D eigenvalue weighted by Gasteiger charge is -2.26. The van der Waals surface area contributed by atoms with Crippen LogP contribution < -0.4 is 5.32 Å². The summed E-state index contributed by atoms with van der Waals surface area (Å²) >= 11 is 2.81. The second-order valence-electron chi connectivity index (χ2n) is 6.33. The van der Waals surface area contributed by atoms with Gasteiger partial charge in [-0.2, -0.15) is 0 Å². The first-order chi connectivity index (χ1) is 11.5. The molecular formula is C16H22N4O2S2. The van der Waals surface area contributed by atoms with E-state index in [1.165, 1.54) is 35.9 Å². The minimum atomic E-state index is 0.0316. The van der Waals surface area contributed by atoms with Gasteiger partial charge in [0.05, 0.1) is 16.5 Å². The van der Waals surface area contributed by atoms with Gasteiger partial charge in [-0.05, 0) is 45.4 Å². The Morgan fingerprint density at radius 2 is 2.04 bits per heavy atom. The number of carbonyl (C=O) groups excluding carboxylic acids is 1. The first kappa shape index (κ1) is 17.4. The van der Waals surface area contributed by atoms with Crippen molar-refractivity contribution in [3.05, 3.63) is 10.7 Å². The lowest BCUT2D eigenvalue weighted by atomic mass is 9.87. The van der Waals surface area contributed by atoms with Crippen molar-refractivity contribution >= 4 is 29.0 Å². The van der Waals surface area contributed by atoms with Crippen molar-refractivity contribution in [1.29, 1.82) is 0 Å². The number of thiazole rings is 1. The molecule has 2 heterocycles. The summed E-state index contributed by atoms with van der Waals surface area (Å²) in [4.78, 5) is 17.3. The third kappa shape index (κ3) is 4.36. The van der Waals surface area contributed by atoms with E-state index in [0.29, 0.717) is 22.9 Å². The Labute approximate surface area is 149 Å². The Morgan fingerprint density at radius 3 is 2.71 bits per heavy atom. The highest BCUT2D eigenvalue weighted by Crippen LogP contribution is 2.30. The van der Waals surface area contributed by atoms with E-state index in [4.69, 9.17) is 4.42 Å². The molecule has 1 aliphatic carbocycles. The van der Waals surface area contributed by atoms with E-state index in [1.54, 1.807) is 0 Å². The third-order valence-corrected chi connectivity index (χ3v) is 6.09. The molecular weight excluding hydrogens is 344 g/mol. The highest BCUT2D eigenvalue weighted by atomic mass is 32.2. The Morgan fingerprint density at radius 1 is 1.29 bits per heavy atom. The van der Waals surface area contributed by atoms with E-state index >= 15 is 0 Å². The van der Waals surface area contributed by atoms with Crippen LogP contribution in [0.5, 0.6) is 0 Å². The zero-order valence-electron chi connectivity index (χ0n) is 14.2. The van der Waals surface area contributed by atoms with Crippen LogP contribution in [0.1, 0.15) is 43.3 Å². The molecule has 24 heavy (non-hydrogen) atoms. The van der Waals surface area contributed by atoms with Gasteiger partial charge >= 0.3 is 0 Å². The molecule has 0 spiro atoms. The van der Waals surface area contributed by atoms with Crippen molar-refractivity contribution in [2.24, 2.45) is 5.92 Å². The zero-order valence-corrected chi connectivity index (χ0v) is 15.8. The average molecular weight is 367 g/mol. The van der Waals surface area contributed by atoms with E-state index in [2.05, 4.69) is 27.4 Å². The zero-order chi connectivity index (χ0) is 17.1. The number of hydrogen-bond acceptors (Lipinski definition) is 7. The van der Waals surface area contributed by atoms with Gasteiger partial charge in [0.1, 0.15) is 4.88 Å². The van der Waals surface area contributed by atoms with E-state index in [-0.39, 0.29) is 5.91 Å². The summed E-state index contributed by atoms with van der Waals surface area (Å²) in [6.45, 7) is 6.14. The van der Waals surface area contributed by atoms with Gasteiger partial charge in [-0.1, -0.05) is 18.7 Å². The molecule has 0 bridgehead atoms. The fourth-order valence-corrected chi connectivity index (χ4v) is 4.31. The van der Waals surface area contributed by atoms with Gasteiger partial charge in [-0.3, -0.25) is 4.79 Å². The number of carbonyl (C=O) groups is 1. The second kappa shape index (κ2) is 7.65. The maximum Gasteiger partial charge on any atom is 0.277 e. The Bertz CT molecular complexity index is 705. The molecule has 0 unspecified atom stereocenters. The number of nitrogens with zero attached hydrogens (tertiary/aromatic N) is 3. The molecule has 1 aliphatic rings. The SMILES string of the molecule is Cc1nc(C)c(-c2nnc(SCC(=O)NC3CCC(C)CC3)o2)s1. The van der Waals surface area contributed by atoms with E-state index < -0.39 is 0 Å². The first-order valence-corrected chi connectivity index (χ1v) is 10.0. The standard InChI is InChI=1S/C16H22N4O2S2/c1-9-4-6-12(7-5-9)18-13(21)8-23-16-20-19-15(22-16)14-10(2)17-11(3)24-14/h9,12H,4-8H2,1-3H3,(H,18,21). The van der Waals surface area contributed by atoms with Crippen LogP contribution in [0.2, 0.25) is 0 Å². The minimum absolute atomic E-state index is 0.0316. The van der Waals surface area contributed by atoms with Crippen LogP contribution in [-0.2, 0) is 4.79 Å². The van der Waals surface area contributed by atoms with Gasteiger partial charge in [0.25, 0.3) is 11.1 Å². The summed E-state index contributed by atoms with van der Waals surface area (Å²) in [5, 5.41) is 12.6. The smallest absolute Gasteiger partial charge is 0.277 e. The summed E-state index contributed by atoms with van der Waals surface area (Å²) in [5.74, 6) is 1.59. The van der Waals surface area contributed by atoms with Crippen molar-refractivity contribution in [2.45, 2.75) is 57.7 Å². The maximum absolute atomic E-state index is 12.1. The molecule has 1 N–H and O–H groups in total. The van der Waals surface area contributed by atoms with Gasteiger partial charge in [0.2, 0.25) is 5.91 Å².